The molecule has 0 atom stereocenters. The first-order valence-electron chi connectivity index (χ1n) is 9.36. The van der Waals surface area contributed by atoms with Gasteiger partial charge in [0.05, 0.1) is 11.4 Å². The highest BCUT2D eigenvalue weighted by molar-refractivity contribution is 5.97. The van der Waals surface area contributed by atoms with Crippen LogP contribution in [0.2, 0.25) is 0 Å². The number of nitrogens with one attached hydrogen (secondary N) is 1. The molecular weight excluding hydrogens is 352 g/mol. The lowest BCUT2D eigenvalue weighted by molar-refractivity contribution is 0.256. The summed E-state index contributed by atoms with van der Waals surface area (Å²) in [5, 5.41) is 7.31. The molecule has 4 rings (SSSR count). The fraction of sp³-hybridized carbons (Fsp3) is 0.238. The molecule has 2 amide bonds. The van der Waals surface area contributed by atoms with E-state index < -0.39 is 6.03 Å². The van der Waals surface area contributed by atoms with E-state index in [1.807, 2.05) is 36.4 Å². The Morgan fingerprint density at radius 1 is 1.04 bits per heavy atom. The van der Waals surface area contributed by atoms with Crippen LogP contribution in [0.5, 0.6) is 0 Å². The minimum absolute atomic E-state index is 0.469. The molecule has 0 bridgehead atoms. The number of nitrogens with two attached hydrogens (primary N) is 1. The summed E-state index contributed by atoms with van der Waals surface area (Å²) in [5.41, 5.74) is 9.33. The molecule has 7 nitrogen and oxygen atoms in total. The Balaban J connectivity index is 1.54. The summed E-state index contributed by atoms with van der Waals surface area (Å²) in [6.45, 7) is 4.23. The van der Waals surface area contributed by atoms with Gasteiger partial charge in [-0.2, -0.15) is 5.10 Å². The number of carbonyl (C=O) groups is 1. The van der Waals surface area contributed by atoms with Crippen LogP contribution < -0.4 is 15.5 Å². The van der Waals surface area contributed by atoms with Gasteiger partial charge in [-0.15, -0.1) is 0 Å². The van der Waals surface area contributed by atoms with E-state index in [9.17, 15) is 4.79 Å². The molecule has 1 aromatic heterocycles. The van der Waals surface area contributed by atoms with E-state index in [0.717, 1.165) is 37.4 Å². The number of carbonyl (C=O) groups excluding carboxylic acids is 1. The van der Waals surface area contributed by atoms with Crippen molar-refractivity contribution < 1.29 is 4.79 Å². The van der Waals surface area contributed by atoms with Crippen molar-refractivity contribution in [3.63, 3.8) is 0 Å². The van der Waals surface area contributed by atoms with Gasteiger partial charge in [-0.05, 0) is 36.9 Å². The lowest BCUT2D eigenvalue weighted by Crippen LogP contribution is -2.44. The van der Waals surface area contributed by atoms with Crippen molar-refractivity contribution in [3.05, 3.63) is 60.7 Å². The van der Waals surface area contributed by atoms with E-state index in [-0.39, 0.29) is 0 Å². The zero-order valence-electron chi connectivity index (χ0n) is 15.9. The van der Waals surface area contributed by atoms with Gasteiger partial charge >= 0.3 is 6.03 Å². The number of urea groups is 1. The molecule has 28 heavy (non-hydrogen) atoms. The number of aromatic nitrogens is 2. The van der Waals surface area contributed by atoms with E-state index in [1.54, 1.807) is 0 Å². The second-order valence-corrected chi connectivity index (χ2v) is 6.99. The second-order valence-electron chi connectivity index (χ2n) is 6.99. The summed E-state index contributed by atoms with van der Waals surface area (Å²) in [6, 6.07) is 18.9. The Hall–Kier alpha value is -3.32. The van der Waals surface area contributed by atoms with Crippen LogP contribution in [-0.4, -0.2) is 54.4 Å². The van der Waals surface area contributed by atoms with Crippen molar-refractivity contribution in [1.82, 2.24) is 15.1 Å². The Morgan fingerprint density at radius 3 is 2.36 bits per heavy atom. The number of para-hydroxylation sites is 1. The molecule has 2 aromatic carbocycles. The average Bonchev–Trinajstić information content (AvgIpc) is 3.19. The molecule has 0 radical (unpaired) electrons. The third kappa shape index (κ3) is 3.70. The van der Waals surface area contributed by atoms with E-state index in [4.69, 9.17) is 5.73 Å². The summed E-state index contributed by atoms with van der Waals surface area (Å²) in [4.78, 5) is 18.1. The van der Waals surface area contributed by atoms with E-state index >= 15 is 0 Å². The number of H-pyrrole nitrogens is 1. The van der Waals surface area contributed by atoms with Crippen LogP contribution in [0, 0.1) is 0 Å². The van der Waals surface area contributed by atoms with Crippen LogP contribution in [0.3, 0.4) is 0 Å². The van der Waals surface area contributed by atoms with Crippen molar-refractivity contribution in [2.75, 3.05) is 43.0 Å². The number of piperazine rings is 1. The summed E-state index contributed by atoms with van der Waals surface area (Å²) in [7, 11) is 2.15. The normalized spacial score (nSPS) is 14.8. The highest BCUT2D eigenvalue weighted by Crippen LogP contribution is 2.28. The highest BCUT2D eigenvalue weighted by atomic mass is 16.2. The Labute approximate surface area is 164 Å². The monoisotopic (exact) mass is 376 g/mol. The number of aromatic amines is 1. The van der Waals surface area contributed by atoms with Gasteiger partial charge < -0.3 is 15.5 Å². The van der Waals surface area contributed by atoms with Gasteiger partial charge in [0.1, 0.15) is 0 Å². The predicted octanol–water partition coefficient (Wildman–Crippen LogP) is 3.05. The number of hydrogen-bond acceptors (Lipinski definition) is 4. The fourth-order valence-electron chi connectivity index (χ4n) is 3.44. The van der Waals surface area contributed by atoms with Gasteiger partial charge in [-0.3, -0.25) is 5.10 Å². The third-order valence-corrected chi connectivity index (χ3v) is 5.07. The lowest BCUT2D eigenvalue weighted by atomic mass is 10.1. The molecule has 3 N–H and O–H groups in total. The molecule has 0 saturated carbocycles. The topological polar surface area (TPSA) is 81.5 Å². The predicted molar refractivity (Wildman–Crippen MR) is 112 cm³/mol. The van der Waals surface area contributed by atoms with Crippen LogP contribution in [0.25, 0.3) is 11.3 Å². The van der Waals surface area contributed by atoms with Gasteiger partial charge in [0, 0.05) is 37.9 Å². The number of amides is 2. The lowest BCUT2D eigenvalue weighted by Gasteiger charge is -2.34. The van der Waals surface area contributed by atoms with Gasteiger partial charge in [-0.1, -0.05) is 30.3 Å². The van der Waals surface area contributed by atoms with E-state index in [0.29, 0.717) is 11.5 Å². The van der Waals surface area contributed by atoms with Gasteiger partial charge in [0.15, 0.2) is 5.82 Å². The molecule has 2 heterocycles. The zero-order chi connectivity index (χ0) is 19.5. The number of rotatable bonds is 4. The van der Waals surface area contributed by atoms with Crippen LogP contribution in [-0.2, 0) is 0 Å². The molecule has 0 unspecified atom stereocenters. The maximum atomic E-state index is 12.0. The Bertz CT molecular complexity index is 929. The Kier molecular flexibility index (Phi) is 4.99. The number of anilines is 3. The first kappa shape index (κ1) is 18.1. The molecule has 1 aliphatic rings. The molecule has 0 spiro atoms. The van der Waals surface area contributed by atoms with Crippen molar-refractivity contribution >= 4 is 23.2 Å². The molecule has 1 saturated heterocycles. The standard InChI is InChI=1S/C21H24N6O/c1-25-11-13-26(14-12-25)17-9-7-16(8-10-17)19-15-20(24-23-19)27(21(22)28)18-5-3-2-4-6-18/h2-10,15H,11-14H2,1H3,(H2,22,28)(H,23,24). The van der Waals surface area contributed by atoms with Crippen LogP contribution in [0.4, 0.5) is 22.0 Å². The molecular formula is C21H24N6O. The average molecular weight is 376 g/mol. The number of likely N-dealkylation sites (N-methyl/N-ethyl adjacent to an activating group) is 1. The van der Waals surface area contributed by atoms with Gasteiger partial charge in [-0.25, -0.2) is 9.69 Å². The Morgan fingerprint density at radius 2 is 1.71 bits per heavy atom. The highest BCUT2D eigenvalue weighted by Gasteiger charge is 2.19. The summed E-state index contributed by atoms with van der Waals surface area (Å²) in [6.07, 6.45) is 0. The van der Waals surface area contributed by atoms with Crippen molar-refractivity contribution in [2.45, 2.75) is 0 Å². The first-order valence-corrected chi connectivity index (χ1v) is 9.36. The largest absolute Gasteiger partial charge is 0.369 e. The summed E-state index contributed by atoms with van der Waals surface area (Å²) in [5.74, 6) is 0.469. The smallest absolute Gasteiger partial charge is 0.325 e. The molecule has 1 aliphatic heterocycles. The fourth-order valence-corrected chi connectivity index (χ4v) is 3.44. The molecule has 7 heteroatoms. The van der Waals surface area contributed by atoms with Crippen LogP contribution in [0.15, 0.2) is 60.7 Å². The van der Waals surface area contributed by atoms with Crippen molar-refractivity contribution in [2.24, 2.45) is 5.73 Å². The van der Waals surface area contributed by atoms with Crippen LogP contribution >= 0.6 is 0 Å². The number of primary amides is 1. The third-order valence-electron chi connectivity index (χ3n) is 5.07. The molecule has 3 aromatic rings. The van der Waals surface area contributed by atoms with Crippen molar-refractivity contribution in [1.29, 1.82) is 0 Å². The molecule has 0 aliphatic carbocycles. The summed E-state index contributed by atoms with van der Waals surface area (Å²) >= 11 is 0. The maximum Gasteiger partial charge on any atom is 0.325 e. The first-order chi connectivity index (χ1) is 13.6. The van der Waals surface area contributed by atoms with Gasteiger partial charge in [0.25, 0.3) is 0 Å². The van der Waals surface area contributed by atoms with E-state index in [1.165, 1.54) is 10.6 Å². The quantitative estimate of drug-likeness (QED) is 0.733. The number of benzene rings is 2. The SMILES string of the molecule is CN1CCN(c2ccc(-c3cc(N(C(N)=O)c4ccccc4)n[nH]3)cc2)CC1. The zero-order valence-corrected chi connectivity index (χ0v) is 15.9. The minimum Gasteiger partial charge on any atom is -0.369 e. The molecule has 144 valence electrons. The van der Waals surface area contributed by atoms with Crippen LogP contribution in [0.1, 0.15) is 0 Å². The minimum atomic E-state index is -0.574. The molecule has 1 fully saturated rings. The van der Waals surface area contributed by atoms with Gasteiger partial charge in [0.2, 0.25) is 0 Å². The maximum absolute atomic E-state index is 12.0. The number of hydrogen-bond donors (Lipinski definition) is 2. The summed E-state index contributed by atoms with van der Waals surface area (Å²) < 4.78 is 0. The second kappa shape index (κ2) is 7.74. The van der Waals surface area contributed by atoms with E-state index in [2.05, 4.69) is 51.3 Å². The number of nitrogens with zero attached hydrogens (tertiary/aromatic N) is 4. The van der Waals surface area contributed by atoms with Crippen molar-refractivity contribution in [3.8, 4) is 11.3 Å².